The summed E-state index contributed by atoms with van der Waals surface area (Å²) in [4.78, 5) is 10.6. The quantitative estimate of drug-likeness (QED) is 0.662. The van der Waals surface area contributed by atoms with Crippen molar-refractivity contribution in [3.8, 4) is 0 Å². The van der Waals surface area contributed by atoms with Gasteiger partial charge in [0.05, 0.1) is 9.40 Å². The highest BCUT2D eigenvalue weighted by Crippen LogP contribution is 2.32. The van der Waals surface area contributed by atoms with E-state index in [0.717, 1.165) is 25.3 Å². The predicted molar refractivity (Wildman–Crippen MR) is 79.0 cm³/mol. The Kier molecular flexibility index (Phi) is 4.59. The summed E-state index contributed by atoms with van der Waals surface area (Å²) in [6, 6.07) is 2.86. The van der Waals surface area contributed by atoms with Crippen LogP contribution in [0.1, 0.15) is 33.1 Å². The van der Waals surface area contributed by atoms with Crippen molar-refractivity contribution in [1.82, 2.24) is 5.01 Å². The van der Waals surface area contributed by atoms with E-state index in [4.69, 9.17) is 0 Å². The van der Waals surface area contributed by atoms with Gasteiger partial charge in [0, 0.05) is 24.2 Å². The van der Waals surface area contributed by atoms with Gasteiger partial charge in [-0.05, 0) is 42.6 Å². The van der Waals surface area contributed by atoms with Gasteiger partial charge < -0.3 is 5.43 Å². The molecule has 0 amide bonds. The highest BCUT2D eigenvalue weighted by atomic mass is 79.9. The number of rotatable bonds is 3. The van der Waals surface area contributed by atoms with Crippen LogP contribution in [0.2, 0.25) is 0 Å². The molecule has 0 aromatic heterocycles. The maximum absolute atomic E-state index is 13.6. The molecule has 5 nitrogen and oxygen atoms in total. The lowest BCUT2D eigenvalue weighted by atomic mass is 10.00. The number of nitro groups is 1. The number of hydrogen-bond acceptors (Lipinski definition) is 4. The van der Waals surface area contributed by atoms with Gasteiger partial charge in [-0.15, -0.1) is 0 Å². The van der Waals surface area contributed by atoms with Crippen LogP contribution in [0.25, 0.3) is 0 Å². The number of nitro benzene ring substituents is 1. The first-order valence-electron chi connectivity index (χ1n) is 6.58. The Bertz CT molecular complexity index is 517. The first-order chi connectivity index (χ1) is 9.40. The molecule has 2 unspecified atom stereocenters. The van der Waals surface area contributed by atoms with E-state index in [0.29, 0.717) is 0 Å². The van der Waals surface area contributed by atoms with Gasteiger partial charge in [-0.3, -0.25) is 10.1 Å². The number of nitrogens with one attached hydrogen (secondary N) is 1. The summed E-state index contributed by atoms with van der Waals surface area (Å²) in [7, 11) is 0. The summed E-state index contributed by atoms with van der Waals surface area (Å²) in [5.41, 5.74) is 3.08. The number of halogens is 2. The first kappa shape index (κ1) is 15.2. The molecule has 0 aliphatic carbocycles. The van der Waals surface area contributed by atoms with Crippen molar-refractivity contribution in [3.63, 3.8) is 0 Å². The zero-order valence-corrected chi connectivity index (χ0v) is 13.0. The number of benzene rings is 1. The van der Waals surface area contributed by atoms with Crippen LogP contribution in [0.4, 0.5) is 15.8 Å². The van der Waals surface area contributed by atoms with Crippen LogP contribution in [-0.2, 0) is 0 Å². The number of hydrogen-bond donors (Lipinski definition) is 1. The predicted octanol–water partition coefficient (Wildman–Crippen LogP) is 4.09. The Balaban J connectivity index is 2.32. The maximum Gasteiger partial charge on any atom is 0.295 e. The lowest BCUT2D eigenvalue weighted by Crippen LogP contribution is -2.47. The van der Waals surface area contributed by atoms with Crippen molar-refractivity contribution in [2.45, 2.75) is 45.2 Å². The van der Waals surface area contributed by atoms with Gasteiger partial charge in [-0.1, -0.05) is 6.42 Å². The fraction of sp³-hybridized carbons (Fsp3) is 0.538. The smallest absolute Gasteiger partial charge is 0.295 e. The van der Waals surface area contributed by atoms with E-state index in [2.05, 4.69) is 35.2 Å². The Labute approximate surface area is 125 Å². The fourth-order valence-corrected chi connectivity index (χ4v) is 2.89. The molecular formula is C13H17BrFN3O2. The van der Waals surface area contributed by atoms with Gasteiger partial charge in [0.15, 0.2) is 0 Å². The van der Waals surface area contributed by atoms with E-state index >= 15 is 0 Å². The van der Waals surface area contributed by atoms with Crippen molar-refractivity contribution in [2.24, 2.45) is 0 Å². The lowest BCUT2D eigenvalue weighted by Gasteiger charge is -2.39. The largest absolute Gasteiger partial charge is 0.312 e. The normalized spacial score (nSPS) is 23.6. The summed E-state index contributed by atoms with van der Waals surface area (Å²) < 4.78 is 13.7. The summed E-state index contributed by atoms with van der Waals surface area (Å²) >= 11 is 2.98. The highest BCUT2D eigenvalue weighted by molar-refractivity contribution is 9.10. The first-order valence-corrected chi connectivity index (χ1v) is 7.38. The number of nitrogens with zero attached hydrogens (tertiary/aromatic N) is 2. The minimum Gasteiger partial charge on any atom is -0.312 e. The van der Waals surface area contributed by atoms with Crippen molar-refractivity contribution >= 4 is 27.3 Å². The van der Waals surface area contributed by atoms with Crippen LogP contribution in [0.3, 0.4) is 0 Å². The van der Waals surface area contributed by atoms with Crippen LogP contribution in [0, 0.1) is 15.9 Å². The molecule has 1 saturated heterocycles. The van der Waals surface area contributed by atoms with Gasteiger partial charge in [-0.25, -0.2) is 9.40 Å². The van der Waals surface area contributed by atoms with E-state index < -0.39 is 10.7 Å². The van der Waals surface area contributed by atoms with E-state index in [-0.39, 0.29) is 27.9 Å². The van der Waals surface area contributed by atoms with Crippen LogP contribution >= 0.6 is 15.9 Å². The maximum atomic E-state index is 13.6. The zero-order chi connectivity index (χ0) is 14.9. The summed E-state index contributed by atoms with van der Waals surface area (Å²) in [5, 5.41) is 13.1. The number of anilines is 1. The molecule has 20 heavy (non-hydrogen) atoms. The molecule has 1 heterocycles. The van der Waals surface area contributed by atoms with Gasteiger partial charge in [-0.2, -0.15) is 0 Å². The molecule has 1 aliphatic rings. The third-order valence-electron chi connectivity index (χ3n) is 3.68. The number of piperidine rings is 1. The molecule has 110 valence electrons. The van der Waals surface area contributed by atoms with Crippen LogP contribution in [-0.4, -0.2) is 22.0 Å². The summed E-state index contributed by atoms with van der Waals surface area (Å²) in [5.74, 6) is -0.518. The molecule has 1 aromatic carbocycles. The van der Waals surface area contributed by atoms with Gasteiger partial charge in [0.25, 0.3) is 5.69 Å². The average Bonchev–Trinajstić information content (AvgIpc) is 2.37. The lowest BCUT2D eigenvalue weighted by molar-refractivity contribution is -0.384. The van der Waals surface area contributed by atoms with Crippen LogP contribution in [0.5, 0.6) is 0 Å². The molecule has 2 rings (SSSR count). The molecule has 1 N–H and O–H groups in total. The third-order valence-corrected chi connectivity index (χ3v) is 4.29. The zero-order valence-electron chi connectivity index (χ0n) is 11.4. The van der Waals surface area contributed by atoms with E-state index in [1.54, 1.807) is 0 Å². The van der Waals surface area contributed by atoms with Crippen molar-refractivity contribution in [1.29, 1.82) is 0 Å². The monoisotopic (exact) mass is 345 g/mol. The van der Waals surface area contributed by atoms with Crippen molar-refractivity contribution < 1.29 is 9.31 Å². The van der Waals surface area contributed by atoms with Crippen molar-refractivity contribution in [3.05, 3.63) is 32.5 Å². The molecule has 1 aromatic rings. The SMILES string of the molecule is CC1CCCC(C)N1Nc1cc(F)c(Br)cc1[N+](=O)[O-]. The standard InChI is InChI=1S/C13H17BrFN3O2/c1-8-4-3-5-9(2)17(8)16-12-7-11(15)10(14)6-13(12)18(19)20/h6-9,16H,3-5H2,1-2H3. The second-order valence-corrected chi connectivity index (χ2v) is 6.04. The van der Waals surface area contributed by atoms with E-state index in [9.17, 15) is 14.5 Å². The average molecular weight is 346 g/mol. The second kappa shape index (κ2) is 6.05. The summed E-state index contributed by atoms with van der Waals surface area (Å²) in [6.07, 6.45) is 3.17. The molecular weight excluding hydrogens is 329 g/mol. The fourth-order valence-electron chi connectivity index (χ4n) is 2.56. The van der Waals surface area contributed by atoms with Crippen LogP contribution < -0.4 is 5.43 Å². The second-order valence-electron chi connectivity index (χ2n) is 5.19. The summed E-state index contributed by atoms with van der Waals surface area (Å²) in [6.45, 7) is 4.12. The topological polar surface area (TPSA) is 58.4 Å². The van der Waals surface area contributed by atoms with E-state index in [1.165, 1.54) is 6.07 Å². The Morgan fingerprint density at radius 3 is 2.55 bits per heavy atom. The Hall–Kier alpha value is -1.21. The minimum absolute atomic E-state index is 0.0921. The third kappa shape index (κ3) is 3.09. The van der Waals surface area contributed by atoms with Gasteiger partial charge in [0.2, 0.25) is 0 Å². The van der Waals surface area contributed by atoms with E-state index in [1.807, 2.05) is 5.01 Å². The van der Waals surface area contributed by atoms with Gasteiger partial charge >= 0.3 is 0 Å². The minimum atomic E-state index is -0.518. The molecule has 0 bridgehead atoms. The van der Waals surface area contributed by atoms with Gasteiger partial charge in [0.1, 0.15) is 11.5 Å². The molecule has 2 atom stereocenters. The molecule has 0 radical (unpaired) electrons. The molecule has 0 spiro atoms. The molecule has 7 heteroatoms. The Morgan fingerprint density at radius 1 is 1.40 bits per heavy atom. The Morgan fingerprint density at radius 2 is 2.00 bits per heavy atom. The molecule has 1 fully saturated rings. The number of hydrazine groups is 1. The molecule has 1 aliphatic heterocycles. The van der Waals surface area contributed by atoms with Crippen LogP contribution in [0.15, 0.2) is 16.6 Å². The highest BCUT2D eigenvalue weighted by Gasteiger charge is 2.27. The molecule has 0 saturated carbocycles. The van der Waals surface area contributed by atoms with Crippen molar-refractivity contribution in [2.75, 3.05) is 5.43 Å².